The standard InChI is InChI=1S/C11H14O3/c1-3-8(12)11-9(13)6-5-7-10(11)14-4-2/h5-7,13H,3-4H2,1-2H3. The zero-order valence-corrected chi connectivity index (χ0v) is 8.41. The third-order valence-corrected chi connectivity index (χ3v) is 1.90. The van der Waals surface area contributed by atoms with Crippen LogP contribution in [0.15, 0.2) is 18.2 Å². The number of ketones is 1. The van der Waals surface area contributed by atoms with Crippen LogP contribution in [0.25, 0.3) is 0 Å². The summed E-state index contributed by atoms with van der Waals surface area (Å²) in [4.78, 5) is 11.5. The lowest BCUT2D eigenvalue weighted by Crippen LogP contribution is -2.02. The van der Waals surface area contributed by atoms with E-state index < -0.39 is 0 Å². The van der Waals surface area contributed by atoms with Gasteiger partial charge in [-0.05, 0) is 19.1 Å². The minimum Gasteiger partial charge on any atom is -0.507 e. The monoisotopic (exact) mass is 194 g/mol. The van der Waals surface area contributed by atoms with E-state index >= 15 is 0 Å². The van der Waals surface area contributed by atoms with Crippen LogP contribution in [0.3, 0.4) is 0 Å². The van der Waals surface area contributed by atoms with Gasteiger partial charge in [0, 0.05) is 6.42 Å². The largest absolute Gasteiger partial charge is 0.507 e. The molecule has 0 saturated heterocycles. The number of carbonyl (C=O) groups is 1. The highest BCUT2D eigenvalue weighted by Gasteiger charge is 2.14. The maximum absolute atomic E-state index is 11.5. The summed E-state index contributed by atoms with van der Waals surface area (Å²) in [6.45, 7) is 4.07. The number of rotatable bonds is 4. The summed E-state index contributed by atoms with van der Waals surface area (Å²) in [6, 6.07) is 4.84. The molecule has 1 aromatic carbocycles. The van der Waals surface area contributed by atoms with E-state index in [-0.39, 0.29) is 17.1 Å². The fraction of sp³-hybridized carbons (Fsp3) is 0.364. The molecule has 0 aliphatic carbocycles. The summed E-state index contributed by atoms with van der Waals surface area (Å²) in [5.41, 5.74) is 0.289. The molecule has 0 aliphatic heterocycles. The predicted molar refractivity (Wildman–Crippen MR) is 53.9 cm³/mol. The van der Waals surface area contributed by atoms with Crippen molar-refractivity contribution in [3.63, 3.8) is 0 Å². The highest BCUT2D eigenvalue weighted by Crippen LogP contribution is 2.28. The number of benzene rings is 1. The van der Waals surface area contributed by atoms with E-state index in [1.807, 2.05) is 6.92 Å². The molecular weight excluding hydrogens is 180 g/mol. The number of Topliss-reactive ketones (excluding diaryl/α,β-unsaturated/α-hetero) is 1. The lowest BCUT2D eigenvalue weighted by Gasteiger charge is -2.09. The van der Waals surface area contributed by atoms with E-state index in [4.69, 9.17) is 4.74 Å². The normalized spacial score (nSPS) is 9.86. The highest BCUT2D eigenvalue weighted by molar-refractivity contribution is 6.00. The molecule has 14 heavy (non-hydrogen) atoms. The third kappa shape index (κ3) is 2.05. The van der Waals surface area contributed by atoms with Gasteiger partial charge in [0.05, 0.1) is 6.61 Å². The summed E-state index contributed by atoms with van der Waals surface area (Å²) >= 11 is 0. The summed E-state index contributed by atoms with van der Waals surface area (Å²) in [5.74, 6) is 0.341. The molecule has 1 rings (SSSR count). The van der Waals surface area contributed by atoms with Gasteiger partial charge < -0.3 is 9.84 Å². The highest BCUT2D eigenvalue weighted by atomic mass is 16.5. The third-order valence-electron chi connectivity index (χ3n) is 1.90. The maximum Gasteiger partial charge on any atom is 0.170 e. The van der Waals surface area contributed by atoms with Crippen LogP contribution in [0.4, 0.5) is 0 Å². The lowest BCUT2D eigenvalue weighted by molar-refractivity contribution is 0.0981. The van der Waals surface area contributed by atoms with Crippen LogP contribution in [0, 0.1) is 0 Å². The van der Waals surface area contributed by atoms with Gasteiger partial charge >= 0.3 is 0 Å². The molecule has 0 heterocycles. The summed E-state index contributed by atoms with van der Waals surface area (Å²) < 4.78 is 5.26. The van der Waals surface area contributed by atoms with E-state index in [0.29, 0.717) is 18.8 Å². The van der Waals surface area contributed by atoms with Crippen LogP contribution in [0.2, 0.25) is 0 Å². The molecule has 3 nitrogen and oxygen atoms in total. The molecule has 0 unspecified atom stereocenters. The Kier molecular flexibility index (Phi) is 3.51. The molecule has 0 aliphatic rings. The zero-order chi connectivity index (χ0) is 10.6. The number of hydrogen-bond acceptors (Lipinski definition) is 3. The Labute approximate surface area is 83.3 Å². The molecule has 0 radical (unpaired) electrons. The van der Waals surface area contributed by atoms with Crippen LogP contribution in [0.5, 0.6) is 11.5 Å². The first-order valence-electron chi connectivity index (χ1n) is 4.68. The zero-order valence-electron chi connectivity index (χ0n) is 8.41. The van der Waals surface area contributed by atoms with Gasteiger partial charge in [-0.15, -0.1) is 0 Å². The number of ether oxygens (including phenoxy) is 1. The van der Waals surface area contributed by atoms with Crippen LogP contribution >= 0.6 is 0 Å². The Bertz CT molecular complexity index is 331. The summed E-state index contributed by atoms with van der Waals surface area (Å²) in [5, 5.41) is 9.52. The van der Waals surface area contributed by atoms with Crippen LogP contribution < -0.4 is 4.74 Å². The van der Waals surface area contributed by atoms with Crippen molar-refractivity contribution in [2.24, 2.45) is 0 Å². The Balaban J connectivity index is 3.15. The number of phenols is 1. The summed E-state index contributed by atoms with van der Waals surface area (Å²) in [7, 11) is 0. The molecule has 0 aromatic heterocycles. The average Bonchev–Trinajstić information content (AvgIpc) is 2.18. The topological polar surface area (TPSA) is 46.5 Å². The molecule has 0 amide bonds. The molecular formula is C11H14O3. The first-order chi connectivity index (χ1) is 6.70. The van der Waals surface area contributed by atoms with Crippen LogP contribution in [-0.2, 0) is 0 Å². The van der Waals surface area contributed by atoms with Gasteiger partial charge in [-0.25, -0.2) is 0 Å². The first kappa shape index (κ1) is 10.6. The van der Waals surface area contributed by atoms with Gasteiger partial charge in [0.15, 0.2) is 5.78 Å². The van der Waals surface area contributed by atoms with Gasteiger partial charge in [-0.3, -0.25) is 4.79 Å². The Morgan fingerprint density at radius 3 is 2.71 bits per heavy atom. The van der Waals surface area contributed by atoms with Gasteiger partial charge in [-0.1, -0.05) is 13.0 Å². The number of aromatic hydroxyl groups is 1. The van der Waals surface area contributed by atoms with Crippen molar-refractivity contribution in [1.29, 1.82) is 0 Å². The lowest BCUT2D eigenvalue weighted by atomic mass is 10.1. The van der Waals surface area contributed by atoms with Crippen molar-refractivity contribution in [3.05, 3.63) is 23.8 Å². The average molecular weight is 194 g/mol. The van der Waals surface area contributed by atoms with E-state index in [1.54, 1.807) is 19.1 Å². The second-order valence-electron chi connectivity index (χ2n) is 2.86. The van der Waals surface area contributed by atoms with Crippen molar-refractivity contribution in [2.75, 3.05) is 6.61 Å². The van der Waals surface area contributed by atoms with Crippen molar-refractivity contribution in [2.45, 2.75) is 20.3 Å². The molecule has 0 saturated carbocycles. The van der Waals surface area contributed by atoms with Crippen molar-refractivity contribution >= 4 is 5.78 Å². The molecule has 76 valence electrons. The molecule has 1 N–H and O–H groups in total. The van der Waals surface area contributed by atoms with Gasteiger partial charge in [0.25, 0.3) is 0 Å². The molecule has 0 atom stereocenters. The van der Waals surface area contributed by atoms with Gasteiger partial charge in [-0.2, -0.15) is 0 Å². The van der Waals surface area contributed by atoms with E-state index in [1.165, 1.54) is 6.07 Å². The number of carbonyl (C=O) groups excluding carboxylic acids is 1. The molecule has 0 spiro atoms. The second kappa shape index (κ2) is 4.65. The van der Waals surface area contributed by atoms with Gasteiger partial charge in [0.1, 0.15) is 17.1 Å². The minimum absolute atomic E-state index is 0.0113. The molecule has 0 fully saturated rings. The maximum atomic E-state index is 11.5. The van der Waals surface area contributed by atoms with Crippen LogP contribution in [-0.4, -0.2) is 17.5 Å². The van der Waals surface area contributed by atoms with E-state index in [2.05, 4.69) is 0 Å². The first-order valence-corrected chi connectivity index (χ1v) is 4.68. The van der Waals surface area contributed by atoms with E-state index in [9.17, 15) is 9.90 Å². The second-order valence-corrected chi connectivity index (χ2v) is 2.86. The van der Waals surface area contributed by atoms with Crippen molar-refractivity contribution in [3.8, 4) is 11.5 Å². The Hall–Kier alpha value is -1.51. The smallest absolute Gasteiger partial charge is 0.170 e. The fourth-order valence-corrected chi connectivity index (χ4v) is 1.25. The summed E-state index contributed by atoms with van der Waals surface area (Å²) in [6.07, 6.45) is 0.359. The number of hydrogen-bond donors (Lipinski definition) is 1. The molecule has 1 aromatic rings. The van der Waals surface area contributed by atoms with Gasteiger partial charge in [0.2, 0.25) is 0 Å². The van der Waals surface area contributed by atoms with Crippen LogP contribution in [0.1, 0.15) is 30.6 Å². The Morgan fingerprint density at radius 2 is 2.14 bits per heavy atom. The van der Waals surface area contributed by atoms with Crippen molar-refractivity contribution < 1.29 is 14.6 Å². The molecule has 3 heteroatoms. The Morgan fingerprint density at radius 1 is 1.43 bits per heavy atom. The number of phenolic OH excluding ortho intramolecular Hbond substituents is 1. The van der Waals surface area contributed by atoms with Crippen molar-refractivity contribution in [1.82, 2.24) is 0 Å². The SMILES string of the molecule is CCOc1cccc(O)c1C(=O)CC. The quantitative estimate of drug-likeness (QED) is 0.748. The minimum atomic E-state index is -0.105. The van der Waals surface area contributed by atoms with E-state index in [0.717, 1.165) is 0 Å². The predicted octanol–water partition coefficient (Wildman–Crippen LogP) is 2.38. The fourth-order valence-electron chi connectivity index (χ4n) is 1.25. The molecule has 0 bridgehead atoms.